The summed E-state index contributed by atoms with van der Waals surface area (Å²) in [6, 6.07) is 6.17. The number of rotatable bonds is 2. The van der Waals surface area contributed by atoms with Gasteiger partial charge in [-0.15, -0.1) is 12.4 Å². The summed E-state index contributed by atoms with van der Waals surface area (Å²) in [5.74, 6) is 0.189. The maximum atomic E-state index is 13.5. The second kappa shape index (κ2) is 5.47. The summed E-state index contributed by atoms with van der Waals surface area (Å²) in [6.07, 6.45) is 3.26. The molecule has 0 heterocycles. The molecule has 3 N–H and O–H groups in total. The topological polar surface area (TPSA) is 55.1 Å². The molecule has 1 aromatic carbocycles. The van der Waals surface area contributed by atoms with Crippen LogP contribution in [0, 0.1) is 23.6 Å². The Bertz CT molecular complexity index is 480. The normalized spacial score (nSPS) is 31.9. The van der Waals surface area contributed by atoms with E-state index in [9.17, 15) is 9.18 Å². The van der Waals surface area contributed by atoms with Gasteiger partial charge in [-0.2, -0.15) is 0 Å². The molecule has 1 amide bonds. The lowest BCUT2D eigenvalue weighted by molar-refractivity contribution is -0.121. The molecule has 0 radical (unpaired) electrons. The summed E-state index contributed by atoms with van der Waals surface area (Å²) in [5.41, 5.74) is 6.35. The number of carbonyl (C=O) groups excluding carboxylic acids is 1. The average molecular weight is 285 g/mol. The zero-order valence-electron chi connectivity index (χ0n) is 10.5. The first kappa shape index (κ1) is 14.3. The zero-order chi connectivity index (χ0) is 12.7. The van der Waals surface area contributed by atoms with Gasteiger partial charge in [0.25, 0.3) is 0 Å². The molecule has 104 valence electrons. The number of hydrogen-bond donors (Lipinski definition) is 2. The van der Waals surface area contributed by atoms with Crippen LogP contribution in [0.2, 0.25) is 0 Å². The predicted octanol–water partition coefficient (Wildman–Crippen LogP) is 2.56. The van der Waals surface area contributed by atoms with Gasteiger partial charge in [-0.1, -0.05) is 12.1 Å². The fourth-order valence-electron chi connectivity index (χ4n) is 3.50. The van der Waals surface area contributed by atoms with Crippen molar-refractivity contribution < 1.29 is 9.18 Å². The summed E-state index contributed by atoms with van der Waals surface area (Å²) in [5, 5.41) is 2.67. The molecule has 0 aromatic heterocycles. The smallest absolute Gasteiger partial charge is 0.229 e. The first-order valence-electron chi connectivity index (χ1n) is 6.48. The fraction of sp³-hybridized carbons (Fsp3) is 0.500. The average Bonchev–Trinajstić information content (AvgIpc) is 2.92. The van der Waals surface area contributed by atoms with Crippen LogP contribution < -0.4 is 11.1 Å². The number of fused-ring (bicyclic) bond motifs is 2. The quantitative estimate of drug-likeness (QED) is 0.877. The Hall–Kier alpha value is -1.13. The van der Waals surface area contributed by atoms with E-state index in [0.29, 0.717) is 11.8 Å². The molecule has 2 saturated carbocycles. The summed E-state index contributed by atoms with van der Waals surface area (Å²) in [7, 11) is 0. The predicted molar refractivity (Wildman–Crippen MR) is 74.6 cm³/mol. The van der Waals surface area contributed by atoms with Crippen molar-refractivity contribution in [2.75, 3.05) is 5.32 Å². The van der Waals surface area contributed by atoms with Crippen molar-refractivity contribution in [3.05, 3.63) is 30.1 Å². The van der Waals surface area contributed by atoms with Crippen LogP contribution in [0.15, 0.2) is 24.3 Å². The lowest BCUT2D eigenvalue weighted by atomic mass is 9.84. The number of amides is 1. The molecule has 2 aliphatic rings. The van der Waals surface area contributed by atoms with Crippen LogP contribution in [0.3, 0.4) is 0 Å². The Morgan fingerprint density at radius 1 is 1.26 bits per heavy atom. The monoisotopic (exact) mass is 284 g/mol. The molecule has 19 heavy (non-hydrogen) atoms. The van der Waals surface area contributed by atoms with Crippen molar-refractivity contribution in [3.8, 4) is 0 Å². The van der Waals surface area contributed by atoms with Gasteiger partial charge in [-0.05, 0) is 43.2 Å². The highest BCUT2D eigenvalue weighted by Gasteiger charge is 2.49. The Labute approximate surface area is 118 Å². The van der Waals surface area contributed by atoms with Gasteiger partial charge >= 0.3 is 0 Å². The summed E-state index contributed by atoms with van der Waals surface area (Å²) in [6.45, 7) is 0. The van der Waals surface area contributed by atoms with Crippen molar-refractivity contribution in [2.45, 2.75) is 25.3 Å². The van der Waals surface area contributed by atoms with Crippen molar-refractivity contribution in [3.63, 3.8) is 0 Å². The molecule has 2 fully saturated rings. The molecular formula is C14H18ClFN2O. The summed E-state index contributed by atoms with van der Waals surface area (Å²) < 4.78 is 13.5. The number of benzene rings is 1. The van der Waals surface area contributed by atoms with Crippen LogP contribution in [-0.2, 0) is 4.79 Å². The number of halogens is 2. The van der Waals surface area contributed by atoms with Crippen LogP contribution >= 0.6 is 12.4 Å². The number of carbonyl (C=O) groups is 1. The van der Waals surface area contributed by atoms with E-state index in [2.05, 4.69) is 5.32 Å². The molecule has 2 bridgehead atoms. The van der Waals surface area contributed by atoms with E-state index >= 15 is 0 Å². The number of nitrogens with one attached hydrogen (secondary N) is 1. The van der Waals surface area contributed by atoms with Gasteiger partial charge in [0.05, 0.1) is 11.6 Å². The molecule has 0 saturated heterocycles. The largest absolute Gasteiger partial charge is 0.327 e. The second-order valence-electron chi connectivity index (χ2n) is 5.41. The molecule has 0 aliphatic heterocycles. The van der Waals surface area contributed by atoms with E-state index in [1.807, 2.05) is 0 Å². The van der Waals surface area contributed by atoms with Gasteiger partial charge in [0.2, 0.25) is 5.91 Å². The maximum Gasteiger partial charge on any atom is 0.229 e. The fourth-order valence-corrected chi connectivity index (χ4v) is 3.50. The van der Waals surface area contributed by atoms with E-state index in [4.69, 9.17) is 5.73 Å². The number of anilines is 1. The second-order valence-corrected chi connectivity index (χ2v) is 5.41. The zero-order valence-corrected chi connectivity index (χ0v) is 11.3. The maximum absolute atomic E-state index is 13.5. The van der Waals surface area contributed by atoms with Gasteiger partial charge in [0, 0.05) is 6.04 Å². The highest BCUT2D eigenvalue weighted by molar-refractivity contribution is 5.93. The van der Waals surface area contributed by atoms with Gasteiger partial charge in [0.15, 0.2) is 0 Å². The van der Waals surface area contributed by atoms with Gasteiger partial charge < -0.3 is 11.1 Å². The molecule has 0 spiro atoms. The van der Waals surface area contributed by atoms with Crippen LogP contribution in [0.1, 0.15) is 19.3 Å². The molecule has 3 nitrogen and oxygen atoms in total. The Kier molecular flexibility index (Phi) is 4.11. The first-order chi connectivity index (χ1) is 8.66. The number of para-hydroxylation sites is 1. The third-order valence-corrected chi connectivity index (χ3v) is 4.42. The van der Waals surface area contributed by atoms with Gasteiger partial charge in [0.1, 0.15) is 5.82 Å². The SMILES string of the molecule is Cl.NC1C2CCC(C2)C1C(=O)Nc1ccccc1F. The van der Waals surface area contributed by atoms with Crippen molar-refractivity contribution in [1.82, 2.24) is 0 Å². The minimum absolute atomic E-state index is 0. The van der Waals surface area contributed by atoms with E-state index in [1.54, 1.807) is 18.2 Å². The van der Waals surface area contributed by atoms with Crippen LogP contribution in [0.25, 0.3) is 0 Å². The van der Waals surface area contributed by atoms with Crippen LogP contribution in [0.4, 0.5) is 10.1 Å². The lowest BCUT2D eigenvalue weighted by Crippen LogP contribution is -2.42. The Balaban J connectivity index is 0.00000133. The van der Waals surface area contributed by atoms with E-state index in [1.165, 1.54) is 6.07 Å². The highest BCUT2D eigenvalue weighted by Crippen LogP contribution is 2.47. The Morgan fingerprint density at radius 2 is 1.95 bits per heavy atom. The Morgan fingerprint density at radius 3 is 2.58 bits per heavy atom. The van der Waals surface area contributed by atoms with Gasteiger partial charge in [-0.3, -0.25) is 4.79 Å². The molecule has 1 aromatic rings. The molecule has 3 rings (SSSR count). The number of hydrogen-bond acceptors (Lipinski definition) is 2. The van der Waals surface area contributed by atoms with E-state index in [0.717, 1.165) is 19.3 Å². The van der Waals surface area contributed by atoms with Crippen molar-refractivity contribution in [2.24, 2.45) is 23.5 Å². The first-order valence-corrected chi connectivity index (χ1v) is 6.48. The van der Waals surface area contributed by atoms with Crippen molar-refractivity contribution in [1.29, 1.82) is 0 Å². The van der Waals surface area contributed by atoms with Crippen LogP contribution in [0.5, 0.6) is 0 Å². The van der Waals surface area contributed by atoms with E-state index in [-0.39, 0.29) is 36.0 Å². The van der Waals surface area contributed by atoms with E-state index < -0.39 is 5.82 Å². The third kappa shape index (κ3) is 2.47. The molecular weight excluding hydrogens is 267 g/mol. The number of nitrogens with two attached hydrogens (primary N) is 1. The third-order valence-electron chi connectivity index (χ3n) is 4.42. The molecule has 5 heteroatoms. The van der Waals surface area contributed by atoms with Gasteiger partial charge in [-0.25, -0.2) is 4.39 Å². The summed E-state index contributed by atoms with van der Waals surface area (Å²) in [4.78, 5) is 12.2. The minimum atomic E-state index is -0.400. The minimum Gasteiger partial charge on any atom is -0.327 e. The molecule has 4 unspecified atom stereocenters. The lowest BCUT2D eigenvalue weighted by Gasteiger charge is -2.27. The molecule has 4 atom stereocenters. The molecule has 2 aliphatic carbocycles. The highest BCUT2D eigenvalue weighted by atomic mass is 35.5. The van der Waals surface area contributed by atoms with Crippen molar-refractivity contribution >= 4 is 24.0 Å². The van der Waals surface area contributed by atoms with Crippen LogP contribution in [-0.4, -0.2) is 11.9 Å². The standard InChI is InChI=1S/C14H17FN2O.ClH/c15-10-3-1-2-4-11(10)17-14(18)12-8-5-6-9(7-8)13(12)16;/h1-4,8-9,12-13H,5-7,16H2,(H,17,18);1H. The summed E-state index contributed by atoms with van der Waals surface area (Å²) >= 11 is 0.